The van der Waals surface area contributed by atoms with Crippen LogP contribution >= 0.6 is 0 Å². The van der Waals surface area contributed by atoms with Gasteiger partial charge in [-0.25, -0.2) is 0 Å². The Labute approximate surface area is 130 Å². The number of hydrogen-bond donors (Lipinski definition) is 0. The predicted octanol–water partition coefficient (Wildman–Crippen LogP) is 4.28. The average Bonchev–Trinajstić information content (AvgIpc) is 2.50. The molecule has 1 heterocycles. The van der Waals surface area contributed by atoms with Gasteiger partial charge in [-0.3, -0.25) is 9.36 Å². The predicted molar refractivity (Wildman–Crippen MR) is 93.3 cm³/mol. The van der Waals surface area contributed by atoms with E-state index in [1.54, 1.807) is 0 Å². The first kappa shape index (κ1) is 14.4. The van der Waals surface area contributed by atoms with Crippen LogP contribution in [-0.2, 0) is 5.41 Å². The zero-order valence-corrected chi connectivity index (χ0v) is 13.4. The van der Waals surface area contributed by atoms with Crippen LogP contribution in [0.1, 0.15) is 33.3 Å². The van der Waals surface area contributed by atoms with E-state index in [1.807, 2.05) is 47.9 Å². The molecule has 2 aromatic carbocycles. The van der Waals surface area contributed by atoms with Gasteiger partial charge in [-0.05, 0) is 42.2 Å². The molecule has 110 valence electrons. The standard InChI is InChI=1S/C20H19NO/c1-5-12-21-17-9-7-6-8-15(17)19(22)16-13-14(20(2,3)4)10-11-18(16)21/h6-11,13H,1-4H3. The largest absolute Gasteiger partial charge is 0.288 e. The highest BCUT2D eigenvalue weighted by molar-refractivity contribution is 5.94. The van der Waals surface area contributed by atoms with Gasteiger partial charge >= 0.3 is 0 Å². The van der Waals surface area contributed by atoms with Crippen molar-refractivity contribution >= 4 is 21.8 Å². The van der Waals surface area contributed by atoms with Crippen LogP contribution in [0.3, 0.4) is 0 Å². The molecule has 0 aliphatic carbocycles. The molecule has 0 amide bonds. The van der Waals surface area contributed by atoms with Crippen LogP contribution < -0.4 is 5.43 Å². The molecule has 22 heavy (non-hydrogen) atoms. The molecule has 0 radical (unpaired) electrons. The van der Waals surface area contributed by atoms with E-state index in [-0.39, 0.29) is 10.8 Å². The molecule has 0 unspecified atom stereocenters. The molecule has 0 saturated carbocycles. The minimum absolute atomic E-state index is 0.00748. The van der Waals surface area contributed by atoms with Crippen molar-refractivity contribution in [3.8, 4) is 12.0 Å². The molecule has 1 aromatic heterocycles. The van der Waals surface area contributed by atoms with Crippen LogP contribution in [-0.4, -0.2) is 4.57 Å². The van der Waals surface area contributed by atoms with Crippen molar-refractivity contribution in [2.45, 2.75) is 33.1 Å². The first-order chi connectivity index (χ1) is 10.4. The summed E-state index contributed by atoms with van der Waals surface area (Å²) in [6.45, 7) is 8.26. The normalized spacial score (nSPS) is 11.5. The van der Waals surface area contributed by atoms with Gasteiger partial charge in [0.25, 0.3) is 0 Å². The van der Waals surface area contributed by atoms with Gasteiger partial charge in [0.2, 0.25) is 0 Å². The molecule has 0 aliphatic rings. The van der Waals surface area contributed by atoms with Gasteiger partial charge < -0.3 is 0 Å². The highest BCUT2D eigenvalue weighted by Crippen LogP contribution is 2.26. The Morgan fingerprint density at radius 3 is 2.32 bits per heavy atom. The smallest absolute Gasteiger partial charge is 0.197 e. The third-order valence-electron chi connectivity index (χ3n) is 3.96. The molecule has 2 nitrogen and oxygen atoms in total. The molecule has 0 atom stereocenters. The first-order valence-electron chi connectivity index (χ1n) is 7.44. The number of pyridine rings is 1. The van der Waals surface area contributed by atoms with Gasteiger partial charge in [0.15, 0.2) is 5.43 Å². The molecule has 3 aromatic rings. The number of nitrogens with zero attached hydrogens (tertiary/aromatic N) is 1. The topological polar surface area (TPSA) is 22.0 Å². The van der Waals surface area contributed by atoms with Crippen molar-refractivity contribution in [1.29, 1.82) is 0 Å². The molecule has 0 bridgehead atoms. The summed E-state index contributed by atoms with van der Waals surface area (Å²) in [5.74, 6) is 2.94. The van der Waals surface area contributed by atoms with Gasteiger partial charge in [0, 0.05) is 16.8 Å². The lowest BCUT2D eigenvalue weighted by molar-refractivity contribution is 0.591. The second-order valence-corrected chi connectivity index (χ2v) is 6.53. The molecular weight excluding hydrogens is 270 g/mol. The second-order valence-electron chi connectivity index (χ2n) is 6.53. The summed E-state index contributed by atoms with van der Waals surface area (Å²) in [6.07, 6.45) is 0. The Morgan fingerprint density at radius 2 is 1.64 bits per heavy atom. The zero-order valence-electron chi connectivity index (χ0n) is 13.4. The number of para-hydroxylation sites is 1. The summed E-state index contributed by atoms with van der Waals surface area (Å²) in [6, 6.07) is 16.9. The number of rotatable bonds is 0. The Hall–Kier alpha value is -2.53. The third kappa shape index (κ3) is 2.19. The fraction of sp³-hybridized carbons (Fsp3) is 0.250. The average molecular weight is 289 g/mol. The molecule has 0 spiro atoms. The second kappa shape index (κ2) is 5.03. The quantitative estimate of drug-likeness (QED) is 0.447. The van der Waals surface area contributed by atoms with Crippen LogP contribution in [0.4, 0.5) is 0 Å². The number of fused-ring (bicyclic) bond motifs is 2. The highest BCUT2D eigenvalue weighted by atomic mass is 16.1. The van der Waals surface area contributed by atoms with Gasteiger partial charge in [-0.1, -0.05) is 44.9 Å². The Balaban J connectivity index is 2.55. The van der Waals surface area contributed by atoms with Crippen LogP contribution in [0.25, 0.3) is 21.8 Å². The van der Waals surface area contributed by atoms with Crippen molar-refractivity contribution < 1.29 is 0 Å². The van der Waals surface area contributed by atoms with Crippen LogP contribution in [0.15, 0.2) is 47.3 Å². The maximum atomic E-state index is 12.9. The van der Waals surface area contributed by atoms with E-state index in [2.05, 4.69) is 38.8 Å². The van der Waals surface area contributed by atoms with E-state index in [1.165, 1.54) is 0 Å². The lowest BCUT2D eigenvalue weighted by Crippen LogP contribution is -2.14. The first-order valence-corrected chi connectivity index (χ1v) is 7.44. The lowest BCUT2D eigenvalue weighted by atomic mass is 9.86. The lowest BCUT2D eigenvalue weighted by Gasteiger charge is -2.20. The fourth-order valence-electron chi connectivity index (χ4n) is 2.75. The Kier molecular flexibility index (Phi) is 3.30. The minimum atomic E-state index is 0.00748. The Morgan fingerprint density at radius 1 is 0.955 bits per heavy atom. The van der Waals surface area contributed by atoms with Crippen LogP contribution in [0.2, 0.25) is 0 Å². The fourth-order valence-corrected chi connectivity index (χ4v) is 2.75. The van der Waals surface area contributed by atoms with Crippen LogP contribution in [0, 0.1) is 12.0 Å². The third-order valence-corrected chi connectivity index (χ3v) is 3.96. The van der Waals surface area contributed by atoms with Crippen molar-refractivity contribution in [2.24, 2.45) is 0 Å². The number of hydrogen-bond acceptors (Lipinski definition) is 1. The number of benzene rings is 2. The van der Waals surface area contributed by atoms with Gasteiger partial charge in [-0.2, -0.15) is 0 Å². The molecule has 3 rings (SSSR count). The summed E-state index contributed by atoms with van der Waals surface area (Å²) < 4.78 is 1.92. The highest BCUT2D eigenvalue weighted by Gasteiger charge is 2.16. The number of aromatic nitrogens is 1. The molecular formula is C20H19NO. The van der Waals surface area contributed by atoms with E-state index >= 15 is 0 Å². The van der Waals surface area contributed by atoms with E-state index < -0.39 is 0 Å². The maximum Gasteiger partial charge on any atom is 0.197 e. The van der Waals surface area contributed by atoms with Gasteiger partial charge in [0.1, 0.15) is 0 Å². The van der Waals surface area contributed by atoms with Crippen molar-refractivity contribution in [2.75, 3.05) is 0 Å². The van der Waals surface area contributed by atoms with Crippen molar-refractivity contribution in [1.82, 2.24) is 4.57 Å². The molecule has 0 saturated heterocycles. The zero-order chi connectivity index (χ0) is 15.9. The summed E-state index contributed by atoms with van der Waals surface area (Å²) in [5, 5.41) is 1.44. The maximum absolute atomic E-state index is 12.9. The minimum Gasteiger partial charge on any atom is -0.288 e. The van der Waals surface area contributed by atoms with E-state index in [4.69, 9.17) is 0 Å². The summed E-state index contributed by atoms with van der Waals surface area (Å²) >= 11 is 0. The van der Waals surface area contributed by atoms with Crippen molar-refractivity contribution in [3.05, 3.63) is 58.3 Å². The van der Waals surface area contributed by atoms with Crippen LogP contribution in [0.5, 0.6) is 0 Å². The summed E-state index contributed by atoms with van der Waals surface area (Å²) in [7, 11) is 0. The molecule has 2 heteroatoms. The monoisotopic (exact) mass is 289 g/mol. The molecule has 0 fully saturated rings. The molecule has 0 N–H and O–H groups in total. The van der Waals surface area contributed by atoms with Gasteiger partial charge in [-0.15, -0.1) is 0 Å². The summed E-state index contributed by atoms with van der Waals surface area (Å²) in [5.41, 5.74) is 2.96. The van der Waals surface area contributed by atoms with E-state index in [9.17, 15) is 4.79 Å². The SMILES string of the molecule is CC#Cn1c2ccccc2c(=O)c2cc(C(C)(C)C)ccc21. The van der Waals surface area contributed by atoms with E-state index in [0.29, 0.717) is 5.39 Å². The van der Waals surface area contributed by atoms with E-state index in [0.717, 1.165) is 22.0 Å². The van der Waals surface area contributed by atoms with Gasteiger partial charge in [0.05, 0.1) is 11.0 Å². The summed E-state index contributed by atoms with van der Waals surface area (Å²) in [4.78, 5) is 12.9. The van der Waals surface area contributed by atoms with Crippen molar-refractivity contribution in [3.63, 3.8) is 0 Å². The molecule has 0 aliphatic heterocycles. The Bertz CT molecular complexity index is 992.